The summed E-state index contributed by atoms with van der Waals surface area (Å²) in [5, 5.41) is 0. The molecule has 0 aromatic heterocycles. The molecule has 151 valence electrons. The van der Waals surface area contributed by atoms with Gasteiger partial charge in [-0.1, -0.05) is 34.6 Å². The average molecular weight is 369 g/mol. The normalized spacial score (nSPS) is 11.2. The summed E-state index contributed by atoms with van der Waals surface area (Å²) in [4.78, 5) is 43.4. The van der Waals surface area contributed by atoms with E-state index < -0.39 is 17.7 Å². The Labute approximate surface area is 159 Å². The van der Waals surface area contributed by atoms with Crippen LogP contribution in [0.3, 0.4) is 0 Å². The summed E-state index contributed by atoms with van der Waals surface area (Å²) in [6.45, 7) is 14.0. The molecule has 0 saturated heterocycles. The van der Waals surface area contributed by atoms with Gasteiger partial charge in [-0.3, -0.25) is 14.4 Å². The fourth-order valence-corrected chi connectivity index (χ4v) is 2.67. The molecular weight excluding hydrogens is 330 g/mol. The van der Waals surface area contributed by atoms with Crippen LogP contribution in [0.5, 0.6) is 0 Å². The van der Waals surface area contributed by atoms with Crippen LogP contribution in [0.25, 0.3) is 0 Å². The van der Waals surface area contributed by atoms with Gasteiger partial charge in [-0.2, -0.15) is 0 Å². The lowest BCUT2D eigenvalue weighted by molar-refractivity contribution is -0.144. The van der Waals surface area contributed by atoms with Crippen molar-refractivity contribution < 1.29 is 14.4 Å². The number of amides is 3. The predicted octanol–water partition coefficient (Wildman–Crippen LogP) is 2.44. The first-order chi connectivity index (χ1) is 12.1. The largest absolute Gasteiger partial charge is 0.344 e. The van der Waals surface area contributed by atoms with Crippen LogP contribution >= 0.6 is 0 Å². The number of carbonyl (C=O) groups excluding carboxylic acids is 3. The summed E-state index contributed by atoms with van der Waals surface area (Å²) in [7, 11) is 3.30. The van der Waals surface area contributed by atoms with Gasteiger partial charge in [0.05, 0.1) is 0 Å². The second-order valence-corrected chi connectivity index (χ2v) is 7.75. The molecule has 0 aliphatic rings. The molecular formula is C20H38N3O3. The Morgan fingerprint density at radius 3 is 1.73 bits per heavy atom. The van der Waals surface area contributed by atoms with Crippen LogP contribution in [-0.4, -0.2) is 72.7 Å². The first-order valence-electron chi connectivity index (χ1n) is 9.73. The maximum absolute atomic E-state index is 13.0. The van der Waals surface area contributed by atoms with E-state index in [2.05, 4.69) is 13.8 Å². The second kappa shape index (κ2) is 11.9. The lowest BCUT2D eigenvalue weighted by atomic mass is 10.0. The molecule has 0 saturated carbocycles. The van der Waals surface area contributed by atoms with Gasteiger partial charge in [-0.15, -0.1) is 0 Å². The van der Waals surface area contributed by atoms with Crippen LogP contribution in [0, 0.1) is 17.8 Å². The van der Waals surface area contributed by atoms with Crippen LogP contribution < -0.4 is 0 Å². The van der Waals surface area contributed by atoms with Gasteiger partial charge in [-0.25, -0.2) is 0 Å². The Hall–Kier alpha value is -1.59. The molecule has 0 aromatic carbocycles. The van der Waals surface area contributed by atoms with Gasteiger partial charge in [0.25, 0.3) is 0 Å². The monoisotopic (exact) mass is 368 g/mol. The third kappa shape index (κ3) is 7.75. The molecule has 3 amide bonds. The van der Waals surface area contributed by atoms with Gasteiger partial charge in [0.15, 0.2) is 0 Å². The first kappa shape index (κ1) is 24.4. The zero-order valence-electron chi connectivity index (χ0n) is 18.0. The van der Waals surface area contributed by atoms with Crippen LogP contribution in [0.1, 0.15) is 54.4 Å². The Kier molecular flexibility index (Phi) is 11.2. The average Bonchev–Trinajstić information content (AvgIpc) is 2.56. The van der Waals surface area contributed by atoms with Gasteiger partial charge in [-0.05, 0) is 31.6 Å². The van der Waals surface area contributed by atoms with Crippen LogP contribution in [0.15, 0.2) is 0 Å². The van der Waals surface area contributed by atoms with E-state index in [4.69, 9.17) is 0 Å². The first-order valence-corrected chi connectivity index (χ1v) is 9.73. The fraction of sp³-hybridized carbons (Fsp3) is 0.800. The SMILES string of the molecule is CCCN(CC)C(=O)[C](C(=O)N(C)CCC(C)C)C(=O)N(C)CC(C)C. The van der Waals surface area contributed by atoms with Gasteiger partial charge in [0.2, 0.25) is 23.6 Å². The van der Waals surface area contributed by atoms with E-state index in [1.165, 1.54) is 9.80 Å². The highest BCUT2D eigenvalue weighted by Crippen LogP contribution is 2.16. The molecule has 0 spiro atoms. The maximum Gasteiger partial charge on any atom is 0.250 e. The molecule has 0 aromatic rings. The highest BCUT2D eigenvalue weighted by molar-refractivity contribution is 6.32. The Balaban J connectivity index is 5.54. The van der Waals surface area contributed by atoms with Crippen molar-refractivity contribution in [3.8, 4) is 0 Å². The minimum absolute atomic E-state index is 0.241. The Morgan fingerprint density at radius 2 is 1.31 bits per heavy atom. The standard InChI is InChI=1S/C20H38N3O3/c1-9-12-23(10-2)20(26)17(19(25)22(8)14-16(5)6)18(24)21(7)13-11-15(3)4/h15-16H,9-14H2,1-8H3. The van der Waals surface area contributed by atoms with Crippen molar-refractivity contribution in [1.82, 2.24) is 14.7 Å². The Bertz CT molecular complexity index is 463. The molecule has 26 heavy (non-hydrogen) atoms. The molecule has 6 heteroatoms. The summed E-state index contributed by atoms with van der Waals surface area (Å²) in [5.74, 6) is -0.973. The second-order valence-electron chi connectivity index (χ2n) is 7.75. The van der Waals surface area contributed by atoms with E-state index in [0.717, 1.165) is 12.8 Å². The number of carbonyl (C=O) groups is 3. The van der Waals surface area contributed by atoms with E-state index in [1.807, 2.05) is 27.7 Å². The van der Waals surface area contributed by atoms with Crippen LogP contribution in [0.4, 0.5) is 0 Å². The number of hydrogen-bond acceptors (Lipinski definition) is 3. The summed E-state index contributed by atoms with van der Waals surface area (Å²) in [6, 6.07) is 0. The third-order valence-corrected chi connectivity index (χ3v) is 4.18. The zero-order valence-corrected chi connectivity index (χ0v) is 18.0. The van der Waals surface area contributed by atoms with Crippen molar-refractivity contribution in [2.75, 3.05) is 40.3 Å². The molecule has 0 bridgehead atoms. The molecule has 0 rings (SSSR count). The van der Waals surface area contributed by atoms with E-state index >= 15 is 0 Å². The molecule has 1 radical (unpaired) electrons. The zero-order chi connectivity index (χ0) is 20.4. The summed E-state index contributed by atoms with van der Waals surface area (Å²) in [6.07, 6.45) is 1.60. The van der Waals surface area contributed by atoms with Crippen molar-refractivity contribution in [3.05, 3.63) is 5.92 Å². The number of hydrogen-bond donors (Lipinski definition) is 0. The Morgan fingerprint density at radius 1 is 0.769 bits per heavy atom. The molecule has 0 heterocycles. The van der Waals surface area contributed by atoms with Gasteiger partial charge in [0.1, 0.15) is 0 Å². The quantitative estimate of drug-likeness (QED) is 0.526. The van der Waals surface area contributed by atoms with E-state index in [1.54, 1.807) is 19.0 Å². The summed E-state index contributed by atoms with van der Waals surface area (Å²) >= 11 is 0. The maximum atomic E-state index is 13.0. The van der Waals surface area contributed by atoms with Gasteiger partial charge >= 0.3 is 0 Å². The molecule has 0 atom stereocenters. The lowest BCUT2D eigenvalue weighted by Crippen LogP contribution is -2.50. The smallest absolute Gasteiger partial charge is 0.250 e. The van der Waals surface area contributed by atoms with Crippen LogP contribution in [0.2, 0.25) is 0 Å². The van der Waals surface area contributed by atoms with Crippen molar-refractivity contribution >= 4 is 17.7 Å². The molecule has 6 nitrogen and oxygen atoms in total. The molecule has 0 aliphatic carbocycles. The predicted molar refractivity (Wildman–Crippen MR) is 105 cm³/mol. The van der Waals surface area contributed by atoms with Crippen molar-refractivity contribution in [2.24, 2.45) is 11.8 Å². The van der Waals surface area contributed by atoms with Crippen LogP contribution in [-0.2, 0) is 14.4 Å². The van der Waals surface area contributed by atoms with Gasteiger partial charge in [0, 0.05) is 40.3 Å². The highest BCUT2D eigenvalue weighted by atomic mass is 16.2. The van der Waals surface area contributed by atoms with Gasteiger partial charge < -0.3 is 14.7 Å². The van der Waals surface area contributed by atoms with Crippen molar-refractivity contribution in [1.29, 1.82) is 0 Å². The van der Waals surface area contributed by atoms with E-state index in [0.29, 0.717) is 32.1 Å². The van der Waals surface area contributed by atoms with Crippen molar-refractivity contribution in [3.63, 3.8) is 0 Å². The molecule has 0 aliphatic heterocycles. The number of nitrogens with zero attached hydrogens (tertiary/aromatic N) is 3. The fourth-order valence-electron chi connectivity index (χ4n) is 2.67. The molecule has 0 unspecified atom stereocenters. The summed E-state index contributed by atoms with van der Waals surface area (Å²) < 4.78 is 0. The summed E-state index contributed by atoms with van der Waals surface area (Å²) in [5.41, 5.74) is 0. The minimum Gasteiger partial charge on any atom is -0.344 e. The molecule has 0 N–H and O–H groups in total. The van der Waals surface area contributed by atoms with E-state index in [9.17, 15) is 14.4 Å². The molecule has 0 fully saturated rings. The van der Waals surface area contributed by atoms with E-state index in [-0.39, 0.29) is 11.8 Å². The number of rotatable bonds is 11. The minimum atomic E-state index is -0.486. The lowest BCUT2D eigenvalue weighted by Gasteiger charge is -2.30. The topological polar surface area (TPSA) is 60.9 Å². The van der Waals surface area contributed by atoms with Crippen molar-refractivity contribution in [2.45, 2.75) is 54.4 Å². The highest BCUT2D eigenvalue weighted by Gasteiger charge is 2.41. The third-order valence-electron chi connectivity index (χ3n) is 4.18.